The summed E-state index contributed by atoms with van der Waals surface area (Å²) in [4.78, 5) is 22.2. The lowest BCUT2D eigenvalue weighted by atomic mass is 9.91. The van der Waals surface area contributed by atoms with E-state index in [1.807, 2.05) is 19.1 Å². The number of hydrogen-bond donors (Lipinski definition) is 2. The number of aryl methyl sites for hydroxylation is 1. The molecule has 0 radical (unpaired) electrons. The van der Waals surface area contributed by atoms with E-state index in [2.05, 4.69) is 0 Å². The Balaban J connectivity index is 2.28. The van der Waals surface area contributed by atoms with Crippen molar-refractivity contribution in [2.24, 2.45) is 0 Å². The second kappa shape index (κ2) is 5.61. The van der Waals surface area contributed by atoms with E-state index in [4.69, 9.17) is 9.52 Å². The SMILES string of the molecule is Cc1ccccc1C(Cc1ccc(C(=O)O)o1)C(=O)O. The molecule has 0 fully saturated rings. The molecule has 5 nitrogen and oxygen atoms in total. The van der Waals surface area contributed by atoms with Gasteiger partial charge >= 0.3 is 11.9 Å². The van der Waals surface area contributed by atoms with Crippen LogP contribution in [0.25, 0.3) is 0 Å². The summed E-state index contributed by atoms with van der Waals surface area (Å²) < 4.78 is 5.12. The van der Waals surface area contributed by atoms with Crippen LogP contribution < -0.4 is 0 Å². The molecule has 1 aromatic carbocycles. The van der Waals surface area contributed by atoms with Gasteiger partial charge in [0, 0.05) is 6.42 Å². The van der Waals surface area contributed by atoms with Crippen LogP contribution in [-0.4, -0.2) is 22.2 Å². The number of benzene rings is 1. The first-order valence-corrected chi connectivity index (χ1v) is 6.09. The number of carboxylic acids is 2. The lowest BCUT2D eigenvalue weighted by molar-refractivity contribution is -0.138. The number of rotatable bonds is 5. The smallest absolute Gasteiger partial charge is 0.371 e. The molecule has 104 valence electrons. The zero-order valence-corrected chi connectivity index (χ0v) is 10.9. The molecule has 5 heteroatoms. The van der Waals surface area contributed by atoms with Crippen LogP contribution in [0.1, 0.15) is 33.4 Å². The second-order valence-corrected chi connectivity index (χ2v) is 4.52. The molecule has 1 atom stereocenters. The Bertz CT molecular complexity index is 641. The van der Waals surface area contributed by atoms with Crippen LogP contribution >= 0.6 is 0 Å². The molecule has 20 heavy (non-hydrogen) atoms. The summed E-state index contributed by atoms with van der Waals surface area (Å²) in [5, 5.41) is 18.2. The highest BCUT2D eigenvalue weighted by Gasteiger charge is 2.23. The van der Waals surface area contributed by atoms with E-state index in [0.29, 0.717) is 11.3 Å². The predicted molar refractivity (Wildman–Crippen MR) is 70.9 cm³/mol. The molecule has 1 aromatic heterocycles. The molecule has 0 saturated carbocycles. The van der Waals surface area contributed by atoms with E-state index in [-0.39, 0.29) is 12.2 Å². The van der Waals surface area contributed by atoms with Crippen LogP contribution in [0.2, 0.25) is 0 Å². The number of furan rings is 1. The van der Waals surface area contributed by atoms with Crippen LogP contribution in [0.3, 0.4) is 0 Å². The lowest BCUT2D eigenvalue weighted by Gasteiger charge is -2.13. The molecule has 0 spiro atoms. The average Bonchev–Trinajstić information content (AvgIpc) is 2.85. The van der Waals surface area contributed by atoms with Crippen molar-refractivity contribution in [3.05, 3.63) is 59.0 Å². The van der Waals surface area contributed by atoms with Gasteiger partial charge in [0.25, 0.3) is 0 Å². The van der Waals surface area contributed by atoms with Crippen LogP contribution in [0.5, 0.6) is 0 Å². The zero-order valence-electron chi connectivity index (χ0n) is 10.9. The normalized spacial score (nSPS) is 12.1. The largest absolute Gasteiger partial charge is 0.481 e. The standard InChI is InChI=1S/C15H14O5/c1-9-4-2-3-5-11(9)12(14(16)17)8-10-6-7-13(20-10)15(18)19/h2-7,12H,8H2,1H3,(H,16,17)(H,18,19). The highest BCUT2D eigenvalue weighted by atomic mass is 16.4. The predicted octanol–water partition coefficient (Wildman–Crippen LogP) is 2.70. The van der Waals surface area contributed by atoms with Gasteiger partial charge < -0.3 is 14.6 Å². The van der Waals surface area contributed by atoms with Gasteiger partial charge in [-0.3, -0.25) is 4.79 Å². The summed E-state index contributed by atoms with van der Waals surface area (Å²) in [7, 11) is 0. The molecule has 0 amide bonds. The van der Waals surface area contributed by atoms with Gasteiger partial charge in [-0.15, -0.1) is 0 Å². The van der Waals surface area contributed by atoms with Crippen molar-refractivity contribution in [1.82, 2.24) is 0 Å². The van der Waals surface area contributed by atoms with Gasteiger partial charge in [0.2, 0.25) is 5.76 Å². The van der Waals surface area contributed by atoms with E-state index in [1.165, 1.54) is 12.1 Å². The van der Waals surface area contributed by atoms with Crippen LogP contribution in [0.15, 0.2) is 40.8 Å². The number of carboxylic acid groups (broad SMARTS) is 2. The van der Waals surface area contributed by atoms with Gasteiger partial charge in [-0.1, -0.05) is 24.3 Å². The van der Waals surface area contributed by atoms with Gasteiger partial charge in [0.15, 0.2) is 0 Å². The molecule has 0 aliphatic heterocycles. The first kappa shape index (κ1) is 13.9. The number of aliphatic carboxylic acids is 1. The fraction of sp³-hybridized carbons (Fsp3) is 0.200. The summed E-state index contributed by atoms with van der Waals surface area (Å²) in [6.07, 6.45) is 0.119. The first-order valence-electron chi connectivity index (χ1n) is 6.09. The van der Waals surface area contributed by atoms with Gasteiger partial charge in [-0.2, -0.15) is 0 Å². The maximum atomic E-state index is 11.4. The Labute approximate surface area is 115 Å². The molecule has 2 aromatic rings. The molecule has 1 unspecified atom stereocenters. The highest BCUT2D eigenvalue weighted by Crippen LogP contribution is 2.25. The van der Waals surface area contributed by atoms with E-state index in [1.54, 1.807) is 12.1 Å². The van der Waals surface area contributed by atoms with Crippen LogP contribution in [0, 0.1) is 6.92 Å². The topological polar surface area (TPSA) is 87.7 Å². The summed E-state index contributed by atoms with van der Waals surface area (Å²) in [6.45, 7) is 1.84. The minimum atomic E-state index is -1.17. The molecular weight excluding hydrogens is 260 g/mol. The van der Waals surface area contributed by atoms with E-state index < -0.39 is 17.9 Å². The summed E-state index contributed by atoms with van der Waals surface area (Å²) in [5.74, 6) is -2.73. The van der Waals surface area contributed by atoms with Crippen molar-refractivity contribution in [2.45, 2.75) is 19.3 Å². The van der Waals surface area contributed by atoms with Crippen molar-refractivity contribution >= 4 is 11.9 Å². The Morgan fingerprint density at radius 1 is 1.15 bits per heavy atom. The molecule has 0 aliphatic carbocycles. The quantitative estimate of drug-likeness (QED) is 0.875. The van der Waals surface area contributed by atoms with Gasteiger partial charge in [0.05, 0.1) is 5.92 Å². The molecule has 2 rings (SSSR count). The highest BCUT2D eigenvalue weighted by molar-refractivity contribution is 5.84. The Morgan fingerprint density at radius 3 is 2.40 bits per heavy atom. The van der Waals surface area contributed by atoms with E-state index in [9.17, 15) is 14.7 Å². The van der Waals surface area contributed by atoms with Crippen molar-refractivity contribution < 1.29 is 24.2 Å². The molecule has 1 heterocycles. The zero-order chi connectivity index (χ0) is 14.7. The minimum absolute atomic E-state index is 0.119. The van der Waals surface area contributed by atoms with Crippen molar-refractivity contribution in [3.8, 4) is 0 Å². The number of carbonyl (C=O) groups is 2. The van der Waals surface area contributed by atoms with Crippen molar-refractivity contribution in [2.75, 3.05) is 0 Å². The van der Waals surface area contributed by atoms with Crippen LogP contribution in [0.4, 0.5) is 0 Å². The fourth-order valence-corrected chi connectivity index (χ4v) is 2.11. The molecule has 0 saturated heterocycles. The molecule has 0 aliphatic rings. The summed E-state index contributed by atoms with van der Waals surface area (Å²) in [5.41, 5.74) is 1.58. The van der Waals surface area contributed by atoms with Crippen molar-refractivity contribution in [1.29, 1.82) is 0 Å². The second-order valence-electron chi connectivity index (χ2n) is 4.52. The number of aromatic carboxylic acids is 1. The van der Waals surface area contributed by atoms with E-state index >= 15 is 0 Å². The molecular formula is C15H14O5. The molecule has 2 N–H and O–H groups in total. The van der Waals surface area contributed by atoms with Gasteiger partial charge in [-0.25, -0.2) is 4.79 Å². The Hall–Kier alpha value is -2.56. The summed E-state index contributed by atoms with van der Waals surface area (Å²) in [6, 6.07) is 10.0. The average molecular weight is 274 g/mol. The van der Waals surface area contributed by atoms with Crippen molar-refractivity contribution in [3.63, 3.8) is 0 Å². The minimum Gasteiger partial charge on any atom is -0.481 e. The Morgan fingerprint density at radius 2 is 1.85 bits per heavy atom. The Kier molecular flexibility index (Phi) is 3.89. The maximum Gasteiger partial charge on any atom is 0.371 e. The summed E-state index contributed by atoms with van der Waals surface area (Å²) >= 11 is 0. The fourth-order valence-electron chi connectivity index (χ4n) is 2.11. The monoisotopic (exact) mass is 274 g/mol. The third kappa shape index (κ3) is 2.88. The lowest BCUT2D eigenvalue weighted by Crippen LogP contribution is -2.15. The maximum absolute atomic E-state index is 11.4. The third-order valence-corrected chi connectivity index (χ3v) is 3.14. The van der Waals surface area contributed by atoms with Crippen LogP contribution in [-0.2, 0) is 11.2 Å². The van der Waals surface area contributed by atoms with E-state index in [0.717, 1.165) is 5.56 Å². The third-order valence-electron chi connectivity index (χ3n) is 3.14. The molecule has 0 bridgehead atoms. The number of hydrogen-bond acceptors (Lipinski definition) is 3. The van der Waals surface area contributed by atoms with Gasteiger partial charge in [-0.05, 0) is 30.2 Å². The van der Waals surface area contributed by atoms with Gasteiger partial charge in [0.1, 0.15) is 5.76 Å². The first-order chi connectivity index (χ1) is 9.49.